The highest BCUT2D eigenvalue weighted by Gasteiger charge is 2.21. The van der Waals surface area contributed by atoms with Crippen molar-refractivity contribution >= 4 is 28.4 Å². The topological polar surface area (TPSA) is 87.3 Å². The van der Waals surface area contributed by atoms with E-state index in [0.29, 0.717) is 38.5 Å². The molecule has 0 saturated carbocycles. The van der Waals surface area contributed by atoms with Gasteiger partial charge in [0, 0.05) is 30.2 Å². The molecule has 9 heteroatoms. The molecule has 8 nitrogen and oxygen atoms in total. The molecule has 4 aromatic rings. The van der Waals surface area contributed by atoms with Crippen LogP contribution in [0.15, 0.2) is 64.3 Å². The smallest absolute Gasteiger partial charge is 0.330 e. The first-order chi connectivity index (χ1) is 14.8. The van der Waals surface area contributed by atoms with Crippen LogP contribution in [0.1, 0.15) is 10.4 Å². The second kappa shape index (κ2) is 7.81. The summed E-state index contributed by atoms with van der Waals surface area (Å²) in [5.41, 5.74) is 3.80. The van der Waals surface area contributed by atoms with Gasteiger partial charge in [0.05, 0.1) is 29.9 Å². The van der Waals surface area contributed by atoms with Crippen LogP contribution in [0.4, 0.5) is 0 Å². The highest BCUT2D eigenvalue weighted by molar-refractivity contribution is 6.30. The molecule has 1 amide bonds. The molecule has 0 fully saturated rings. The van der Waals surface area contributed by atoms with Gasteiger partial charge >= 0.3 is 5.69 Å². The van der Waals surface area contributed by atoms with Crippen molar-refractivity contribution in [2.24, 2.45) is 14.1 Å². The molecule has 0 atom stereocenters. The Hall–Kier alpha value is -3.78. The Morgan fingerprint density at radius 2 is 1.61 bits per heavy atom. The van der Waals surface area contributed by atoms with E-state index in [1.54, 1.807) is 68.9 Å². The van der Waals surface area contributed by atoms with E-state index in [-0.39, 0.29) is 0 Å². The Morgan fingerprint density at radius 3 is 2.23 bits per heavy atom. The van der Waals surface area contributed by atoms with Crippen molar-refractivity contribution in [3.05, 3.63) is 86.2 Å². The van der Waals surface area contributed by atoms with Crippen molar-refractivity contribution in [1.82, 2.24) is 13.8 Å². The summed E-state index contributed by atoms with van der Waals surface area (Å²) in [6.07, 6.45) is 1.56. The number of nitrogens with one attached hydrogen (secondary N) is 1. The van der Waals surface area contributed by atoms with Crippen LogP contribution in [0.2, 0.25) is 5.02 Å². The van der Waals surface area contributed by atoms with E-state index >= 15 is 0 Å². The number of carbonyl (C=O) groups excluding carboxylic acids is 1. The van der Waals surface area contributed by atoms with Crippen molar-refractivity contribution in [2.45, 2.75) is 0 Å². The van der Waals surface area contributed by atoms with Gasteiger partial charge in [-0.25, -0.2) is 4.79 Å². The lowest BCUT2D eigenvalue weighted by Crippen LogP contribution is -2.36. The van der Waals surface area contributed by atoms with Crippen LogP contribution in [-0.4, -0.2) is 26.8 Å². The van der Waals surface area contributed by atoms with Crippen molar-refractivity contribution < 1.29 is 9.53 Å². The van der Waals surface area contributed by atoms with Crippen LogP contribution < -0.4 is 21.4 Å². The number of halogens is 1. The maximum absolute atomic E-state index is 13.0. The summed E-state index contributed by atoms with van der Waals surface area (Å²) in [5.74, 6) is 0.255. The van der Waals surface area contributed by atoms with Crippen LogP contribution in [0.3, 0.4) is 0 Å². The monoisotopic (exact) mass is 438 g/mol. The van der Waals surface area contributed by atoms with Gasteiger partial charge in [0.1, 0.15) is 5.75 Å². The molecule has 0 aliphatic carbocycles. The summed E-state index contributed by atoms with van der Waals surface area (Å²) >= 11 is 5.91. The van der Waals surface area contributed by atoms with E-state index in [4.69, 9.17) is 16.3 Å². The number of nitrogens with zero attached hydrogens (tertiary/aromatic N) is 3. The van der Waals surface area contributed by atoms with E-state index < -0.39 is 17.2 Å². The minimum Gasteiger partial charge on any atom is -0.497 e. The van der Waals surface area contributed by atoms with Gasteiger partial charge in [-0.3, -0.25) is 28.8 Å². The van der Waals surface area contributed by atoms with Gasteiger partial charge in [-0.15, -0.1) is 0 Å². The number of fused-ring (bicyclic) bond motifs is 1. The van der Waals surface area contributed by atoms with E-state index in [9.17, 15) is 14.4 Å². The standard InChI is InChI=1S/C22H19ClN4O4/c1-25-17-12-27(24-20(28)14-4-8-15(23)9-5-14)19(13-6-10-16(31-3)11-7-13)18(17)21(29)26(2)22(25)30/h4-12H,1-3H3,(H,24,28). The molecule has 0 radical (unpaired) electrons. The van der Waals surface area contributed by atoms with Crippen LogP contribution in [0, 0.1) is 0 Å². The molecule has 0 saturated heterocycles. The number of hydrogen-bond acceptors (Lipinski definition) is 4. The normalized spacial score (nSPS) is 11.0. The number of carbonyl (C=O) groups is 1. The summed E-state index contributed by atoms with van der Waals surface area (Å²) in [4.78, 5) is 38.3. The largest absolute Gasteiger partial charge is 0.497 e. The van der Waals surface area contributed by atoms with Crippen molar-refractivity contribution in [2.75, 3.05) is 12.5 Å². The SMILES string of the molecule is COc1ccc(-c2c3c(=O)n(C)c(=O)n(C)c3cn2NC(=O)c2ccc(Cl)cc2)cc1. The lowest BCUT2D eigenvalue weighted by molar-refractivity contribution is 0.101. The third-order valence-electron chi connectivity index (χ3n) is 5.13. The van der Waals surface area contributed by atoms with Crippen molar-refractivity contribution in [3.8, 4) is 17.0 Å². The Bertz CT molecular complexity index is 1410. The summed E-state index contributed by atoms with van der Waals surface area (Å²) in [7, 11) is 4.56. The zero-order valence-electron chi connectivity index (χ0n) is 17.0. The minimum atomic E-state index is -0.458. The fraction of sp³-hybridized carbons (Fsp3) is 0.136. The lowest BCUT2D eigenvalue weighted by Gasteiger charge is -2.12. The highest BCUT2D eigenvalue weighted by Crippen LogP contribution is 2.29. The zero-order chi connectivity index (χ0) is 22.3. The second-order valence-electron chi connectivity index (χ2n) is 6.99. The van der Waals surface area contributed by atoms with E-state index in [0.717, 1.165) is 4.57 Å². The molecule has 2 aromatic carbocycles. The molecule has 158 valence electrons. The maximum Gasteiger partial charge on any atom is 0.330 e. The second-order valence-corrected chi connectivity index (χ2v) is 7.43. The fourth-order valence-electron chi connectivity index (χ4n) is 3.44. The molecule has 4 rings (SSSR count). The van der Waals surface area contributed by atoms with Gasteiger partial charge in [0.25, 0.3) is 11.5 Å². The molecule has 2 heterocycles. The predicted octanol–water partition coefficient (Wildman–Crippen LogP) is 2.75. The average molecular weight is 439 g/mol. The molecular weight excluding hydrogens is 420 g/mol. The Morgan fingerprint density at radius 1 is 0.968 bits per heavy atom. The number of methoxy groups -OCH3 is 1. The highest BCUT2D eigenvalue weighted by atomic mass is 35.5. The number of rotatable bonds is 4. The molecule has 0 aliphatic heterocycles. The molecule has 1 N–H and O–H groups in total. The predicted molar refractivity (Wildman–Crippen MR) is 120 cm³/mol. The first-order valence-electron chi connectivity index (χ1n) is 9.34. The molecule has 0 aliphatic rings. The molecule has 0 bridgehead atoms. The quantitative estimate of drug-likeness (QED) is 0.530. The van der Waals surface area contributed by atoms with Crippen LogP contribution in [0.25, 0.3) is 22.2 Å². The van der Waals surface area contributed by atoms with E-state index in [1.165, 1.54) is 16.3 Å². The molecular formula is C22H19ClN4O4. The van der Waals surface area contributed by atoms with Crippen LogP contribution in [-0.2, 0) is 14.1 Å². The van der Waals surface area contributed by atoms with E-state index in [2.05, 4.69) is 5.43 Å². The number of benzene rings is 2. The average Bonchev–Trinajstić information content (AvgIpc) is 3.15. The number of aromatic nitrogens is 3. The molecule has 0 spiro atoms. The number of amides is 1. The summed E-state index contributed by atoms with van der Waals surface area (Å²) in [5, 5.41) is 0.826. The van der Waals surface area contributed by atoms with Crippen LogP contribution >= 0.6 is 11.6 Å². The summed E-state index contributed by atoms with van der Waals surface area (Å²) < 4.78 is 9.09. The minimum absolute atomic E-state index is 0.311. The Labute approximate surface area is 181 Å². The van der Waals surface area contributed by atoms with Crippen molar-refractivity contribution in [3.63, 3.8) is 0 Å². The summed E-state index contributed by atoms with van der Waals surface area (Å²) in [6, 6.07) is 13.5. The van der Waals surface area contributed by atoms with Crippen molar-refractivity contribution in [1.29, 1.82) is 0 Å². The van der Waals surface area contributed by atoms with Gasteiger partial charge in [-0.2, -0.15) is 0 Å². The Kier molecular flexibility index (Phi) is 5.16. The third-order valence-corrected chi connectivity index (χ3v) is 5.38. The fourth-order valence-corrected chi connectivity index (χ4v) is 3.56. The zero-order valence-corrected chi connectivity index (χ0v) is 17.8. The third kappa shape index (κ3) is 3.51. The molecule has 2 aromatic heterocycles. The number of aryl methyl sites for hydroxylation is 1. The molecule has 31 heavy (non-hydrogen) atoms. The molecule has 0 unspecified atom stereocenters. The van der Waals surface area contributed by atoms with Gasteiger partial charge in [-0.05, 0) is 48.5 Å². The number of hydrogen-bond donors (Lipinski definition) is 1. The van der Waals surface area contributed by atoms with E-state index in [1.807, 2.05) is 0 Å². The first-order valence-corrected chi connectivity index (χ1v) is 9.72. The number of ether oxygens (including phenoxy) is 1. The van der Waals surface area contributed by atoms with Gasteiger partial charge in [-0.1, -0.05) is 11.6 Å². The lowest BCUT2D eigenvalue weighted by atomic mass is 10.1. The Balaban J connectivity index is 1.95. The van der Waals surface area contributed by atoms with Gasteiger partial charge in [0.2, 0.25) is 0 Å². The maximum atomic E-state index is 13.0. The van der Waals surface area contributed by atoms with Crippen LogP contribution in [0.5, 0.6) is 5.75 Å². The van der Waals surface area contributed by atoms with Gasteiger partial charge in [0.15, 0.2) is 0 Å². The van der Waals surface area contributed by atoms with Gasteiger partial charge < -0.3 is 4.74 Å². The first kappa shape index (κ1) is 20.5. The summed E-state index contributed by atoms with van der Waals surface area (Å²) in [6.45, 7) is 0.